The average molecular weight is 470 g/mol. The van der Waals surface area contributed by atoms with Crippen LogP contribution in [-0.4, -0.2) is 69.0 Å². The van der Waals surface area contributed by atoms with Gasteiger partial charge in [0.15, 0.2) is 0 Å². The third-order valence-corrected chi connectivity index (χ3v) is 9.75. The molecular weight excluding hydrogens is 443 g/mol. The SMILES string of the molecule is CN(C1CCCCC1)S(=O)(=O)N1CCN(S(=O)(=O)c2ccc(C(F)(F)F)cc2)CC1. The summed E-state index contributed by atoms with van der Waals surface area (Å²) in [5.41, 5.74) is -0.928. The summed E-state index contributed by atoms with van der Waals surface area (Å²) in [4.78, 5) is -0.244. The van der Waals surface area contributed by atoms with E-state index in [0.29, 0.717) is 0 Å². The smallest absolute Gasteiger partial charge is 0.207 e. The van der Waals surface area contributed by atoms with Crippen LogP contribution < -0.4 is 0 Å². The summed E-state index contributed by atoms with van der Waals surface area (Å²) in [7, 11) is -6.13. The van der Waals surface area contributed by atoms with Gasteiger partial charge in [-0.3, -0.25) is 0 Å². The van der Waals surface area contributed by atoms with Crippen LogP contribution in [0.1, 0.15) is 37.7 Å². The lowest BCUT2D eigenvalue weighted by atomic mass is 9.96. The first kappa shape index (κ1) is 23.5. The lowest BCUT2D eigenvalue weighted by Crippen LogP contribution is -2.55. The molecule has 0 N–H and O–H groups in total. The molecule has 1 saturated carbocycles. The Kier molecular flexibility index (Phi) is 6.83. The van der Waals surface area contributed by atoms with E-state index in [9.17, 15) is 30.0 Å². The van der Waals surface area contributed by atoms with E-state index < -0.39 is 32.0 Å². The second-order valence-electron chi connectivity index (χ2n) is 7.64. The Morgan fingerprint density at radius 2 is 1.37 bits per heavy atom. The van der Waals surface area contributed by atoms with Gasteiger partial charge in [0.25, 0.3) is 10.2 Å². The van der Waals surface area contributed by atoms with Gasteiger partial charge in [-0.05, 0) is 37.1 Å². The summed E-state index contributed by atoms with van der Waals surface area (Å²) in [5, 5.41) is 0. The number of halogens is 3. The van der Waals surface area contributed by atoms with Crippen LogP contribution in [0.2, 0.25) is 0 Å². The molecule has 1 heterocycles. The number of benzene rings is 1. The van der Waals surface area contributed by atoms with E-state index in [0.717, 1.165) is 60.7 Å². The topological polar surface area (TPSA) is 78.0 Å². The first-order valence-electron chi connectivity index (χ1n) is 9.84. The van der Waals surface area contributed by atoms with Crippen LogP contribution in [0.5, 0.6) is 0 Å². The highest BCUT2D eigenvalue weighted by Gasteiger charge is 2.37. The van der Waals surface area contributed by atoms with Gasteiger partial charge >= 0.3 is 6.18 Å². The Bertz CT molecular complexity index is 936. The van der Waals surface area contributed by atoms with Gasteiger partial charge in [-0.2, -0.15) is 34.5 Å². The zero-order valence-corrected chi connectivity index (χ0v) is 18.3. The number of hydrogen-bond acceptors (Lipinski definition) is 4. The Balaban J connectivity index is 1.66. The van der Waals surface area contributed by atoms with Gasteiger partial charge in [0.1, 0.15) is 0 Å². The van der Waals surface area contributed by atoms with Crippen molar-refractivity contribution in [2.24, 2.45) is 0 Å². The van der Waals surface area contributed by atoms with Crippen molar-refractivity contribution < 1.29 is 30.0 Å². The van der Waals surface area contributed by atoms with Crippen molar-refractivity contribution in [3.05, 3.63) is 29.8 Å². The van der Waals surface area contributed by atoms with Gasteiger partial charge in [-0.1, -0.05) is 19.3 Å². The van der Waals surface area contributed by atoms with Crippen LogP contribution in [0.4, 0.5) is 13.2 Å². The zero-order valence-electron chi connectivity index (χ0n) is 16.7. The molecule has 0 spiro atoms. The largest absolute Gasteiger partial charge is 0.416 e. The summed E-state index contributed by atoms with van der Waals surface area (Å²) in [6, 6.07) is 3.27. The molecule has 1 aromatic carbocycles. The Morgan fingerprint density at radius 1 is 0.867 bits per heavy atom. The molecule has 0 radical (unpaired) electrons. The molecule has 1 aliphatic carbocycles. The monoisotopic (exact) mass is 469 g/mol. The lowest BCUT2D eigenvalue weighted by Gasteiger charge is -2.38. The molecule has 12 heteroatoms. The van der Waals surface area contributed by atoms with Crippen molar-refractivity contribution in [2.45, 2.75) is 49.2 Å². The quantitative estimate of drug-likeness (QED) is 0.664. The third kappa shape index (κ3) is 4.82. The van der Waals surface area contributed by atoms with Gasteiger partial charge in [-0.15, -0.1) is 0 Å². The molecule has 170 valence electrons. The summed E-state index contributed by atoms with van der Waals surface area (Å²) in [5.74, 6) is 0. The Hall–Kier alpha value is -1.21. The van der Waals surface area contributed by atoms with Crippen molar-refractivity contribution in [1.82, 2.24) is 12.9 Å². The Labute approximate surface area is 175 Å². The van der Waals surface area contributed by atoms with Crippen LogP contribution >= 0.6 is 0 Å². The van der Waals surface area contributed by atoms with Gasteiger partial charge in [-0.25, -0.2) is 8.42 Å². The number of rotatable bonds is 5. The molecule has 2 aliphatic rings. The maximum Gasteiger partial charge on any atom is 0.416 e. The van der Waals surface area contributed by atoms with E-state index in [1.807, 2.05) is 0 Å². The summed E-state index contributed by atoms with van der Waals surface area (Å²) >= 11 is 0. The van der Waals surface area contributed by atoms with E-state index >= 15 is 0 Å². The normalized spacial score (nSPS) is 21.2. The summed E-state index contributed by atoms with van der Waals surface area (Å²) in [6.07, 6.45) is 0.168. The van der Waals surface area contributed by atoms with E-state index in [1.165, 1.54) is 8.61 Å². The fourth-order valence-electron chi connectivity index (χ4n) is 3.92. The maximum atomic E-state index is 12.9. The van der Waals surface area contributed by atoms with E-state index in [4.69, 9.17) is 0 Å². The molecule has 3 rings (SSSR count). The van der Waals surface area contributed by atoms with E-state index in [1.54, 1.807) is 7.05 Å². The molecule has 1 aromatic rings. The van der Waals surface area contributed by atoms with Crippen LogP contribution in [0, 0.1) is 0 Å². The second-order valence-corrected chi connectivity index (χ2v) is 11.6. The zero-order chi connectivity index (χ0) is 22.2. The molecule has 0 atom stereocenters. The van der Waals surface area contributed by atoms with Crippen molar-refractivity contribution in [3.8, 4) is 0 Å². The molecule has 0 unspecified atom stereocenters. The minimum absolute atomic E-state index is 0.000736. The van der Waals surface area contributed by atoms with Crippen molar-refractivity contribution in [3.63, 3.8) is 0 Å². The molecule has 7 nitrogen and oxygen atoms in total. The van der Waals surface area contributed by atoms with Gasteiger partial charge in [0.2, 0.25) is 10.0 Å². The van der Waals surface area contributed by atoms with Crippen molar-refractivity contribution >= 4 is 20.2 Å². The average Bonchev–Trinajstić information content (AvgIpc) is 2.73. The highest BCUT2D eigenvalue weighted by molar-refractivity contribution is 7.89. The molecule has 0 aromatic heterocycles. The summed E-state index contributed by atoms with van der Waals surface area (Å²) in [6.45, 7) is -0.110. The highest BCUT2D eigenvalue weighted by atomic mass is 32.2. The predicted octanol–water partition coefficient (Wildman–Crippen LogP) is 2.52. The van der Waals surface area contributed by atoms with E-state index in [-0.39, 0.29) is 37.1 Å². The van der Waals surface area contributed by atoms with E-state index in [2.05, 4.69) is 0 Å². The molecular formula is C18H26F3N3O4S2. The molecule has 1 aliphatic heterocycles. The maximum absolute atomic E-state index is 12.9. The predicted molar refractivity (Wildman–Crippen MR) is 105 cm³/mol. The first-order valence-corrected chi connectivity index (χ1v) is 12.7. The van der Waals surface area contributed by atoms with Gasteiger partial charge in [0, 0.05) is 39.3 Å². The van der Waals surface area contributed by atoms with Crippen molar-refractivity contribution in [1.29, 1.82) is 0 Å². The number of alkyl halides is 3. The first-order chi connectivity index (χ1) is 13.9. The van der Waals surface area contributed by atoms with Gasteiger partial charge < -0.3 is 0 Å². The third-order valence-electron chi connectivity index (χ3n) is 5.80. The number of nitrogens with zero attached hydrogens (tertiary/aromatic N) is 3. The van der Waals surface area contributed by atoms with Crippen molar-refractivity contribution in [2.75, 3.05) is 33.2 Å². The van der Waals surface area contributed by atoms with Gasteiger partial charge in [0.05, 0.1) is 10.5 Å². The molecule has 30 heavy (non-hydrogen) atoms. The van der Waals surface area contributed by atoms with Crippen LogP contribution in [-0.2, 0) is 26.4 Å². The summed E-state index contributed by atoms with van der Waals surface area (Å²) < 4.78 is 93.2. The molecule has 0 bridgehead atoms. The number of hydrogen-bond donors (Lipinski definition) is 0. The molecule has 2 fully saturated rings. The molecule has 1 saturated heterocycles. The second kappa shape index (κ2) is 8.73. The molecule has 0 amide bonds. The fourth-order valence-corrected chi connectivity index (χ4v) is 6.92. The Morgan fingerprint density at radius 3 is 1.87 bits per heavy atom. The lowest BCUT2D eigenvalue weighted by molar-refractivity contribution is -0.137. The standard InChI is InChI=1S/C18H26F3N3O4S2/c1-22(16-5-3-2-4-6-16)30(27,28)24-13-11-23(12-14-24)29(25,26)17-9-7-15(8-10-17)18(19,20)21/h7-10,16H,2-6,11-14H2,1H3. The highest BCUT2D eigenvalue weighted by Crippen LogP contribution is 2.30. The van der Waals surface area contributed by atoms with Crippen LogP contribution in [0.15, 0.2) is 29.2 Å². The number of sulfonamides is 1. The minimum Gasteiger partial charge on any atom is -0.207 e. The van der Waals surface area contributed by atoms with Crippen LogP contribution in [0.3, 0.4) is 0 Å². The fraction of sp³-hybridized carbons (Fsp3) is 0.667. The minimum atomic E-state index is -4.55. The van der Waals surface area contributed by atoms with Crippen LogP contribution in [0.25, 0.3) is 0 Å². The number of piperazine rings is 1.